The summed E-state index contributed by atoms with van der Waals surface area (Å²) < 4.78 is 0. The van der Waals surface area contributed by atoms with Crippen molar-refractivity contribution in [1.82, 2.24) is 9.97 Å². The van der Waals surface area contributed by atoms with Crippen LogP contribution in [-0.4, -0.2) is 16.5 Å². The number of hydrogen-bond donors (Lipinski definition) is 2. The molecule has 0 aliphatic carbocycles. The largest absolute Gasteiger partial charge is 0.346 e. The molecule has 0 amide bonds. The topological polar surface area (TPSA) is 54.7 Å². The van der Waals surface area contributed by atoms with Gasteiger partial charge in [0.25, 0.3) is 0 Å². The lowest BCUT2D eigenvalue weighted by atomic mass is 10.1. The van der Waals surface area contributed by atoms with Crippen LogP contribution in [0.4, 0.5) is 0 Å². The summed E-state index contributed by atoms with van der Waals surface area (Å²) in [6.07, 6.45) is 4.73. The molecule has 3 heteroatoms. The zero-order valence-electron chi connectivity index (χ0n) is 10.2. The molecule has 2 rings (SSSR count). The molecule has 90 valence electrons. The summed E-state index contributed by atoms with van der Waals surface area (Å²) in [6.45, 7) is 2.77. The first-order valence-electron chi connectivity index (χ1n) is 6.06. The minimum atomic E-state index is 0.666. The fourth-order valence-corrected chi connectivity index (χ4v) is 1.83. The number of imidazole rings is 1. The first-order chi connectivity index (χ1) is 8.28. The second-order valence-corrected chi connectivity index (χ2v) is 4.38. The molecule has 0 radical (unpaired) electrons. The Morgan fingerprint density at radius 3 is 2.59 bits per heavy atom. The summed E-state index contributed by atoms with van der Waals surface area (Å²) in [7, 11) is 0. The standard InChI is InChI=1S/C14H19N3/c1-11-2-4-12(5-3-11)6-7-14-16-10-13(17-14)8-9-15/h2-5,10H,6-9,15H2,1H3,(H,16,17). The molecule has 0 fully saturated rings. The number of aromatic nitrogens is 2. The van der Waals surface area contributed by atoms with Gasteiger partial charge in [0.1, 0.15) is 5.82 Å². The molecule has 1 aromatic carbocycles. The fraction of sp³-hybridized carbons (Fsp3) is 0.357. The molecule has 0 saturated heterocycles. The maximum atomic E-state index is 5.50. The Kier molecular flexibility index (Phi) is 3.94. The van der Waals surface area contributed by atoms with Crippen molar-refractivity contribution >= 4 is 0 Å². The summed E-state index contributed by atoms with van der Waals surface area (Å²) in [5.41, 5.74) is 9.29. The molecular formula is C14H19N3. The third kappa shape index (κ3) is 3.43. The number of aryl methyl sites for hydroxylation is 3. The van der Waals surface area contributed by atoms with E-state index in [1.807, 2.05) is 6.20 Å². The van der Waals surface area contributed by atoms with Crippen LogP contribution in [0.25, 0.3) is 0 Å². The van der Waals surface area contributed by atoms with Gasteiger partial charge in [-0.2, -0.15) is 0 Å². The van der Waals surface area contributed by atoms with Crippen molar-refractivity contribution in [2.45, 2.75) is 26.2 Å². The highest BCUT2D eigenvalue weighted by Crippen LogP contribution is 2.07. The van der Waals surface area contributed by atoms with E-state index in [1.165, 1.54) is 11.1 Å². The maximum Gasteiger partial charge on any atom is 0.106 e. The van der Waals surface area contributed by atoms with E-state index in [2.05, 4.69) is 41.2 Å². The first kappa shape index (κ1) is 11.9. The smallest absolute Gasteiger partial charge is 0.106 e. The van der Waals surface area contributed by atoms with Gasteiger partial charge in [-0.3, -0.25) is 0 Å². The Labute approximate surface area is 102 Å². The summed E-state index contributed by atoms with van der Waals surface area (Å²) in [4.78, 5) is 7.66. The van der Waals surface area contributed by atoms with Crippen LogP contribution in [0, 0.1) is 6.92 Å². The SMILES string of the molecule is Cc1ccc(CCc2ncc(CCN)[nH]2)cc1. The highest BCUT2D eigenvalue weighted by molar-refractivity contribution is 5.21. The normalized spacial score (nSPS) is 10.7. The van der Waals surface area contributed by atoms with E-state index in [0.717, 1.165) is 30.8 Å². The van der Waals surface area contributed by atoms with Crippen molar-refractivity contribution in [2.75, 3.05) is 6.54 Å². The number of rotatable bonds is 5. The van der Waals surface area contributed by atoms with Crippen molar-refractivity contribution < 1.29 is 0 Å². The molecule has 0 aliphatic rings. The number of benzene rings is 1. The molecule has 2 aromatic rings. The van der Waals surface area contributed by atoms with E-state index in [1.54, 1.807) is 0 Å². The summed E-state index contributed by atoms with van der Waals surface area (Å²) in [5, 5.41) is 0. The number of nitrogens with two attached hydrogens (primary N) is 1. The third-order valence-electron chi connectivity index (χ3n) is 2.87. The van der Waals surface area contributed by atoms with E-state index in [9.17, 15) is 0 Å². The summed E-state index contributed by atoms with van der Waals surface area (Å²) >= 11 is 0. The predicted octanol–water partition coefficient (Wildman–Crippen LogP) is 2.00. The first-order valence-corrected chi connectivity index (χ1v) is 6.06. The lowest BCUT2D eigenvalue weighted by molar-refractivity contribution is 0.865. The van der Waals surface area contributed by atoms with Crippen LogP contribution in [0.1, 0.15) is 22.6 Å². The molecule has 0 atom stereocenters. The molecule has 3 N–H and O–H groups in total. The van der Waals surface area contributed by atoms with Crippen LogP contribution >= 0.6 is 0 Å². The molecule has 17 heavy (non-hydrogen) atoms. The average molecular weight is 229 g/mol. The van der Waals surface area contributed by atoms with Gasteiger partial charge in [-0.1, -0.05) is 29.8 Å². The Balaban J connectivity index is 1.90. The van der Waals surface area contributed by atoms with E-state index >= 15 is 0 Å². The highest BCUT2D eigenvalue weighted by Gasteiger charge is 2.00. The van der Waals surface area contributed by atoms with Crippen LogP contribution in [-0.2, 0) is 19.3 Å². The molecule has 0 saturated carbocycles. The minimum Gasteiger partial charge on any atom is -0.346 e. The summed E-state index contributed by atoms with van der Waals surface area (Å²) in [5.74, 6) is 1.05. The molecule has 0 aliphatic heterocycles. The Morgan fingerprint density at radius 2 is 1.88 bits per heavy atom. The van der Waals surface area contributed by atoms with Crippen molar-refractivity contribution in [3.8, 4) is 0 Å². The average Bonchev–Trinajstić information content (AvgIpc) is 2.77. The van der Waals surface area contributed by atoms with Crippen molar-refractivity contribution in [3.05, 3.63) is 53.1 Å². The van der Waals surface area contributed by atoms with Gasteiger partial charge in [-0.25, -0.2) is 4.98 Å². The number of aromatic amines is 1. The molecule has 0 spiro atoms. The number of nitrogens with zero attached hydrogens (tertiary/aromatic N) is 1. The molecule has 3 nitrogen and oxygen atoms in total. The zero-order valence-corrected chi connectivity index (χ0v) is 10.2. The number of hydrogen-bond acceptors (Lipinski definition) is 2. The second-order valence-electron chi connectivity index (χ2n) is 4.38. The number of H-pyrrole nitrogens is 1. The van der Waals surface area contributed by atoms with Crippen molar-refractivity contribution in [2.24, 2.45) is 5.73 Å². The minimum absolute atomic E-state index is 0.666. The van der Waals surface area contributed by atoms with Gasteiger partial charge in [0.2, 0.25) is 0 Å². The fourth-order valence-electron chi connectivity index (χ4n) is 1.83. The van der Waals surface area contributed by atoms with Crippen LogP contribution in [0.2, 0.25) is 0 Å². The van der Waals surface area contributed by atoms with Gasteiger partial charge in [0.15, 0.2) is 0 Å². The molecule has 1 heterocycles. The van der Waals surface area contributed by atoms with Crippen molar-refractivity contribution in [3.63, 3.8) is 0 Å². The molecule has 0 unspecified atom stereocenters. The van der Waals surface area contributed by atoms with Gasteiger partial charge >= 0.3 is 0 Å². The quantitative estimate of drug-likeness (QED) is 0.824. The second kappa shape index (κ2) is 5.64. The van der Waals surface area contributed by atoms with E-state index in [-0.39, 0.29) is 0 Å². The van der Waals surface area contributed by atoms with E-state index in [0.29, 0.717) is 6.54 Å². The molecule has 1 aromatic heterocycles. The third-order valence-corrected chi connectivity index (χ3v) is 2.87. The van der Waals surface area contributed by atoms with Gasteiger partial charge in [-0.15, -0.1) is 0 Å². The van der Waals surface area contributed by atoms with Crippen molar-refractivity contribution in [1.29, 1.82) is 0 Å². The Hall–Kier alpha value is -1.61. The summed E-state index contributed by atoms with van der Waals surface area (Å²) in [6, 6.07) is 8.66. The van der Waals surface area contributed by atoms with Crippen LogP contribution in [0.5, 0.6) is 0 Å². The maximum absolute atomic E-state index is 5.50. The lowest BCUT2D eigenvalue weighted by Crippen LogP contribution is -2.03. The van der Waals surface area contributed by atoms with Gasteiger partial charge in [-0.05, 0) is 25.5 Å². The monoisotopic (exact) mass is 229 g/mol. The van der Waals surface area contributed by atoms with Gasteiger partial charge in [0.05, 0.1) is 0 Å². The lowest BCUT2D eigenvalue weighted by Gasteiger charge is -2.00. The highest BCUT2D eigenvalue weighted by atomic mass is 14.9. The molecular weight excluding hydrogens is 210 g/mol. The van der Waals surface area contributed by atoms with E-state index < -0.39 is 0 Å². The van der Waals surface area contributed by atoms with Gasteiger partial charge < -0.3 is 10.7 Å². The van der Waals surface area contributed by atoms with E-state index in [4.69, 9.17) is 5.73 Å². The number of nitrogens with one attached hydrogen (secondary N) is 1. The van der Waals surface area contributed by atoms with Crippen LogP contribution in [0.3, 0.4) is 0 Å². The van der Waals surface area contributed by atoms with Gasteiger partial charge in [0, 0.05) is 24.7 Å². The molecule has 0 bridgehead atoms. The Morgan fingerprint density at radius 1 is 1.12 bits per heavy atom. The zero-order chi connectivity index (χ0) is 12.1. The predicted molar refractivity (Wildman–Crippen MR) is 69.9 cm³/mol. The van der Waals surface area contributed by atoms with Crippen LogP contribution in [0.15, 0.2) is 30.5 Å². The van der Waals surface area contributed by atoms with Crippen LogP contribution < -0.4 is 5.73 Å². The Bertz CT molecular complexity index is 457.